The zero-order chi connectivity index (χ0) is 17.1. The lowest BCUT2D eigenvalue weighted by Crippen LogP contribution is -2.46. The van der Waals surface area contributed by atoms with Gasteiger partial charge in [0.25, 0.3) is 0 Å². The fraction of sp³-hybridized carbons (Fsp3) is 0.381. The number of piperidine rings is 1. The summed E-state index contributed by atoms with van der Waals surface area (Å²) in [6.07, 6.45) is 3.86. The van der Waals surface area contributed by atoms with Gasteiger partial charge in [0.2, 0.25) is 0 Å². The minimum atomic E-state index is -0.354. The van der Waals surface area contributed by atoms with E-state index in [4.69, 9.17) is 4.74 Å². The summed E-state index contributed by atoms with van der Waals surface area (Å²) in [5, 5.41) is 2.81. The molecule has 4 nitrogen and oxygen atoms in total. The van der Waals surface area contributed by atoms with Crippen LogP contribution in [-0.2, 0) is 17.6 Å². The van der Waals surface area contributed by atoms with Gasteiger partial charge >= 0.3 is 6.09 Å². The Morgan fingerprint density at radius 1 is 1.00 bits per heavy atom. The SMILES string of the molecule is O=C(Nc1ccccc1)OC1CCCN(C2Cc3ccccc3C2)C1. The first kappa shape index (κ1) is 16.2. The third-order valence-corrected chi connectivity index (χ3v) is 5.25. The van der Waals surface area contributed by atoms with Gasteiger partial charge in [-0.25, -0.2) is 4.79 Å². The summed E-state index contributed by atoms with van der Waals surface area (Å²) in [6, 6.07) is 18.7. The molecule has 0 aromatic heterocycles. The maximum Gasteiger partial charge on any atom is 0.411 e. The van der Waals surface area contributed by atoms with Crippen LogP contribution in [0.1, 0.15) is 24.0 Å². The highest BCUT2D eigenvalue weighted by Crippen LogP contribution is 2.28. The van der Waals surface area contributed by atoms with E-state index in [1.54, 1.807) is 0 Å². The van der Waals surface area contributed by atoms with Crippen LogP contribution in [0.4, 0.5) is 10.5 Å². The average molecular weight is 336 g/mol. The molecule has 4 rings (SSSR count). The van der Waals surface area contributed by atoms with E-state index in [0.29, 0.717) is 6.04 Å². The maximum absolute atomic E-state index is 12.1. The zero-order valence-electron chi connectivity index (χ0n) is 14.4. The highest BCUT2D eigenvalue weighted by Gasteiger charge is 2.31. The van der Waals surface area contributed by atoms with Gasteiger partial charge in [-0.3, -0.25) is 10.2 Å². The molecule has 1 unspecified atom stereocenters. The van der Waals surface area contributed by atoms with Gasteiger partial charge in [0, 0.05) is 18.3 Å². The van der Waals surface area contributed by atoms with Gasteiger partial charge in [0.15, 0.2) is 0 Å². The highest BCUT2D eigenvalue weighted by molar-refractivity contribution is 5.84. The van der Waals surface area contributed by atoms with Gasteiger partial charge in [0.05, 0.1) is 0 Å². The number of fused-ring (bicyclic) bond motifs is 1. The molecular weight excluding hydrogens is 312 g/mol. The van der Waals surface area contributed by atoms with E-state index in [2.05, 4.69) is 34.5 Å². The molecule has 1 saturated heterocycles. The molecule has 0 radical (unpaired) electrons. The van der Waals surface area contributed by atoms with E-state index in [-0.39, 0.29) is 12.2 Å². The Kier molecular flexibility index (Phi) is 4.70. The van der Waals surface area contributed by atoms with E-state index in [1.165, 1.54) is 11.1 Å². The standard InChI is InChI=1S/C21H24N2O2/c24-21(22-18-9-2-1-3-10-18)25-20-11-6-12-23(15-20)19-13-16-7-4-5-8-17(16)14-19/h1-5,7-10,19-20H,6,11-15H2,(H,22,24). The minimum Gasteiger partial charge on any atom is -0.445 e. The van der Waals surface area contributed by atoms with E-state index in [0.717, 1.165) is 44.5 Å². The number of hydrogen-bond donors (Lipinski definition) is 1. The summed E-state index contributed by atoms with van der Waals surface area (Å²) >= 11 is 0. The number of nitrogens with one attached hydrogen (secondary N) is 1. The van der Waals surface area contributed by atoms with Gasteiger partial charge in [-0.2, -0.15) is 0 Å². The zero-order valence-corrected chi connectivity index (χ0v) is 14.4. The molecule has 1 N–H and O–H groups in total. The predicted octanol–water partition coefficient (Wildman–Crippen LogP) is 3.87. The molecule has 2 aromatic carbocycles. The third-order valence-electron chi connectivity index (χ3n) is 5.25. The van der Waals surface area contributed by atoms with Crippen LogP contribution in [0.25, 0.3) is 0 Å². The number of rotatable bonds is 3. The van der Waals surface area contributed by atoms with Crippen molar-refractivity contribution in [1.29, 1.82) is 0 Å². The van der Waals surface area contributed by atoms with Gasteiger partial charge in [-0.05, 0) is 55.5 Å². The Balaban J connectivity index is 1.32. The Hall–Kier alpha value is -2.33. The molecule has 2 aromatic rings. The normalized spacial score (nSPS) is 20.9. The van der Waals surface area contributed by atoms with Crippen molar-refractivity contribution in [3.8, 4) is 0 Å². The first-order valence-corrected chi connectivity index (χ1v) is 9.11. The molecule has 1 atom stereocenters. The molecule has 25 heavy (non-hydrogen) atoms. The number of likely N-dealkylation sites (tertiary alicyclic amines) is 1. The fourth-order valence-corrected chi connectivity index (χ4v) is 4.01. The van der Waals surface area contributed by atoms with Crippen molar-refractivity contribution in [2.24, 2.45) is 0 Å². The lowest BCUT2D eigenvalue weighted by Gasteiger charge is -2.36. The van der Waals surface area contributed by atoms with Gasteiger partial charge in [0.1, 0.15) is 6.10 Å². The van der Waals surface area contributed by atoms with Crippen molar-refractivity contribution < 1.29 is 9.53 Å². The van der Waals surface area contributed by atoms with Crippen LogP contribution in [0.3, 0.4) is 0 Å². The number of para-hydroxylation sites is 1. The molecule has 1 amide bonds. The molecule has 1 heterocycles. The average Bonchev–Trinajstić information content (AvgIpc) is 3.07. The molecule has 0 bridgehead atoms. The largest absolute Gasteiger partial charge is 0.445 e. The monoisotopic (exact) mass is 336 g/mol. The maximum atomic E-state index is 12.1. The van der Waals surface area contributed by atoms with Crippen LogP contribution >= 0.6 is 0 Å². The van der Waals surface area contributed by atoms with Crippen LogP contribution in [0, 0.1) is 0 Å². The number of anilines is 1. The van der Waals surface area contributed by atoms with Crippen molar-refractivity contribution in [2.45, 2.75) is 37.8 Å². The summed E-state index contributed by atoms with van der Waals surface area (Å²) in [6.45, 7) is 1.93. The number of carbonyl (C=O) groups excluding carboxylic acids is 1. The summed E-state index contributed by atoms with van der Waals surface area (Å²) in [5.41, 5.74) is 3.71. The van der Waals surface area contributed by atoms with E-state index in [1.807, 2.05) is 30.3 Å². The predicted molar refractivity (Wildman–Crippen MR) is 98.8 cm³/mol. The Labute approximate surface area is 148 Å². The summed E-state index contributed by atoms with van der Waals surface area (Å²) in [5.74, 6) is 0. The van der Waals surface area contributed by atoms with Crippen molar-refractivity contribution in [1.82, 2.24) is 4.90 Å². The number of benzene rings is 2. The second-order valence-electron chi connectivity index (χ2n) is 6.99. The van der Waals surface area contributed by atoms with Crippen molar-refractivity contribution in [3.63, 3.8) is 0 Å². The van der Waals surface area contributed by atoms with Crippen LogP contribution < -0.4 is 5.32 Å². The van der Waals surface area contributed by atoms with Crippen LogP contribution in [0.5, 0.6) is 0 Å². The molecular formula is C21H24N2O2. The summed E-state index contributed by atoms with van der Waals surface area (Å²) < 4.78 is 5.67. The highest BCUT2D eigenvalue weighted by atomic mass is 16.6. The smallest absolute Gasteiger partial charge is 0.411 e. The first-order chi connectivity index (χ1) is 12.3. The summed E-state index contributed by atoms with van der Waals surface area (Å²) in [7, 11) is 0. The molecule has 4 heteroatoms. The van der Waals surface area contributed by atoms with Crippen molar-refractivity contribution in [3.05, 3.63) is 65.7 Å². The second-order valence-corrected chi connectivity index (χ2v) is 6.99. The van der Waals surface area contributed by atoms with E-state index in [9.17, 15) is 4.79 Å². The number of ether oxygens (including phenoxy) is 1. The lowest BCUT2D eigenvalue weighted by atomic mass is 10.0. The van der Waals surface area contributed by atoms with E-state index < -0.39 is 0 Å². The minimum absolute atomic E-state index is 0.0267. The lowest BCUT2D eigenvalue weighted by molar-refractivity contribution is 0.0339. The molecule has 0 spiro atoms. The molecule has 1 aliphatic carbocycles. The van der Waals surface area contributed by atoms with Crippen LogP contribution in [0.15, 0.2) is 54.6 Å². The van der Waals surface area contributed by atoms with Gasteiger partial charge in [-0.1, -0.05) is 42.5 Å². The number of carbonyl (C=O) groups is 1. The molecule has 0 saturated carbocycles. The fourth-order valence-electron chi connectivity index (χ4n) is 4.01. The topological polar surface area (TPSA) is 41.6 Å². The third kappa shape index (κ3) is 3.85. The molecule has 2 aliphatic rings. The first-order valence-electron chi connectivity index (χ1n) is 9.11. The second kappa shape index (κ2) is 7.28. The molecule has 1 fully saturated rings. The quantitative estimate of drug-likeness (QED) is 0.925. The van der Waals surface area contributed by atoms with Crippen LogP contribution in [0.2, 0.25) is 0 Å². The van der Waals surface area contributed by atoms with E-state index >= 15 is 0 Å². The Morgan fingerprint density at radius 3 is 2.40 bits per heavy atom. The Morgan fingerprint density at radius 2 is 1.68 bits per heavy atom. The summed E-state index contributed by atoms with van der Waals surface area (Å²) in [4.78, 5) is 14.6. The number of amides is 1. The number of hydrogen-bond acceptors (Lipinski definition) is 3. The molecule has 130 valence electrons. The van der Waals surface area contributed by atoms with Gasteiger partial charge < -0.3 is 4.74 Å². The van der Waals surface area contributed by atoms with Crippen LogP contribution in [-0.4, -0.2) is 36.2 Å². The Bertz CT molecular complexity index is 707. The van der Waals surface area contributed by atoms with Crippen molar-refractivity contribution >= 4 is 11.8 Å². The number of nitrogens with zero attached hydrogens (tertiary/aromatic N) is 1. The molecule has 1 aliphatic heterocycles. The van der Waals surface area contributed by atoms with Crippen molar-refractivity contribution in [2.75, 3.05) is 18.4 Å². The van der Waals surface area contributed by atoms with Gasteiger partial charge in [-0.15, -0.1) is 0 Å².